The van der Waals surface area contributed by atoms with Gasteiger partial charge >= 0.3 is 0 Å². The zero-order valence-electron chi connectivity index (χ0n) is 14.0. The Balaban J connectivity index is 1.52. The molecule has 3 heteroatoms. The highest BCUT2D eigenvalue weighted by Crippen LogP contribution is 2.35. The molecule has 1 aromatic rings. The number of nitrogens with zero attached hydrogens (tertiary/aromatic N) is 2. The molecule has 3 rings (SSSR count). The molecular weight excluding hydrogens is 272 g/mol. The van der Waals surface area contributed by atoms with Gasteiger partial charge < -0.3 is 4.74 Å². The Hall–Kier alpha value is -0.960. The first-order valence-electron chi connectivity index (χ1n) is 9.30. The van der Waals surface area contributed by atoms with Crippen LogP contribution in [0, 0.1) is 0 Å². The summed E-state index contributed by atoms with van der Waals surface area (Å²) in [6.07, 6.45) is 17.3. The van der Waals surface area contributed by atoms with Crippen LogP contribution in [0.4, 0.5) is 0 Å². The third kappa shape index (κ3) is 4.07. The Bertz CT molecular complexity index is 431. The summed E-state index contributed by atoms with van der Waals surface area (Å²) >= 11 is 0. The van der Waals surface area contributed by atoms with Crippen LogP contribution in [-0.2, 0) is 4.74 Å². The Labute approximate surface area is 134 Å². The lowest BCUT2D eigenvalue weighted by Gasteiger charge is -2.28. The third-order valence-electron chi connectivity index (χ3n) is 5.37. The Kier molecular flexibility index (Phi) is 5.82. The molecule has 0 unspecified atom stereocenters. The highest BCUT2D eigenvalue weighted by atomic mass is 16.5. The zero-order valence-corrected chi connectivity index (χ0v) is 14.0. The van der Waals surface area contributed by atoms with E-state index in [-0.39, 0.29) is 0 Å². The summed E-state index contributed by atoms with van der Waals surface area (Å²) in [5.41, 5.74) is 1.34. The molecule has 1 heterocycles. The minimum absolute atomic E-state index is 0.485. The highest BCUT2D eigenvalue weighted by Gasteiger charge is 2.24. The van der Waals surface area contributed by atoms with E-state index in [1.165, 1.54) is 63.4 Å². The molecule has 0 aromatic carbocycles. The molecule has 1 aromatic heterocycles. The number of rotatable bonds is 5. The van der Waals surface area contributed by atoms with Gasteiger partial charge in [0.15, 0.2) is 0 Å². The maximum Gasteiger partial charge on any atom is 0.131 e. The standard InChI is InChI=1S/C19H30N2O/c1-2-12-22-18-10-8-15(9-11-18)17-13-20-19(21-14-17)16-6-4-3-5-7-16/h13-16,18H,2-12H2,1H3. The molecular formula is C19H30N2O. The van der Waals surface area contributed by atoms with Gasteiger partial charge in [-0.3, -0.25) is 0 Å². The quantitative estimate of drug-likeness (QED) is 0.769. The number of hydrogen-bond donors (Lipinski definition) is 0. The van der Waals surface area contributed by atoms with Crippen LogP contribution in [0.5, 0.6) is 0 Å². The Morgan fingerprint density at radius 3 is 2.23 bits per heavy atom. The normalized spacial score (nSPS) is 27.0. The second-order valence-electron chi connectivity index (χ2n) is 7.05. The summed E-state index contributed by atoms with van der Waals surface area (Å²) in [6.45, 7) is 3.09. The molecule has 3 nitrogen and oxygen atoms in total. The van der Waals surface area contributed by atoms with Crippen molar-refractivity contribution in [2.75, 3.05) is 6.61 Å². The molecule has 0 atom stereocenters. The summed E-state index contributed by atoms with van der Waals surface area (Å²) in [4.78, 5) is 9.41. The molecule has 0 spiro atoms. The fourth-order valence-corrected chi connectivity index (χ4v) is 3.98. The van der Waals surface area contributed by atoms with Crippen molar-refractivity contribution in [2.24, 2.45) is 0 Å². The number of hydrogen-bond acceptors (Lipinski definition) is 3. The van der Waals surface area contributed by atoms with Gasteiger partial charge in [0.1, 0.15) is 5.82 Å². The van der Waals surface area contributed by atoms with Crippen molar-refractivity contribution in [3.05, 3.63) is 23.8 Å². The molecule has 2 saturated carbocycles. The van der Waals surface area contributed by atoms with E-state index >= 15 is 0 Å². The maximum atomic E-state index is 5.88. The minimum atomic E-state index is 0.485. The van der Waals surface area contributed by atoms with E-state index in [4.69, 9.17) is 14.7 Å². The maximum absolute atomic E-state index is 5.88. The fourth-order valence-electron chi connectivity index (χ4n) is 3.98. The minimum Gasteiger partial charge on any atom is -0.378 e. The van der Waals surface area contributed by atoms with Crippen LogP contribution >= 0.6 is 0 Å². The lowest BCUT2D eigenvalue weighted by Crippen LogP contribution is -2.21. The van der Waals surface area contributed by atoms with Gasteiger partial charge in [0.05, 0.1) is 6.10 Å². The van der Waals surface area contributed by atoms with E-state index in [9.17, 15) is 0 Å². The molecule has 0 radical (unpaired) electrons. The largest absolute Gasteiger partial charge is 0.378 e. The number of aromatic nitrogens is 2. The number of ether oxygens (including phenoxy) is 1. The van der Waals surface area contributed by atoms with Crippen molar-refractivity contribution in [3.63, 3.8) is 0 Å². The van der Waals surface area contributed by atoms with Gasteiger partial charge in [-0.1, -0.05) is 26.2 Å². The molecule has 0 amide bonds. The van der Waals surface area contributed by atoms with E-state index < -0.39 is 0 Å². The van der Waals surface area contributed by atoms with Crippen LogP contribution in [0.2, 0.25) is 0 Å². The lowest BCUT2D eigenvalue weighted by atomic mass is 9.83. The van der Waals surface area contributed by atoms with Gasteiger partial charge in [-0.2, -0.15) is 0 Å². The summed E-state index contributed by atoms with van der Waals surface area (Å²) in [5, 5.41) is 0. The van der Waals surface area contributed by atoms with Crippen molar-refractivity contribution in [1.29, 1.82) is 0 Å². The second-order valence-corrected chi connectivity index (χ2v) is 7.05. The van der Waals surface area contributed by atoms with Gasteiger partial charge in [0.2, 0.25) is 0 Å². The van der Waals surface area contributed by atoms with Gasteiger partial charge in [-0.05, 0) is 56.4 Å². The summed E-state index contributed by atoms with van der Waals surface area (Å²) in [7, 11) is 0. The lowest BCUT2D eigenvalue weighted by molar-refractivity contribution is 0.0251. The summed E-state index contributed by atoms with van der Waals surface area (Å²) in [6, 6.07) is 0. The van der Waals surface area contributed by atoms with Crippen LogP contribution in [0.1, 0.15) is 94.4 Å². The van der Waals surface area contributed by atoms with Crippen LogP contribution in [-0.4, -0.2) is 22.7 Å². The van der Waals surface area contributed by atoms with Crippen molar-refractivity contribution in [2.45, 2.75) is 89.1 Å². The first-order chi connectivity index (χ1) is 10.9. The smallest absolute Gasteiger partial charge is 0.131 e. The SMILES string of the molecule is CCCOC1CCC(c2cnc(C3CCCCC3)nc2)CC1. The van der Waals surface area contributed by atoms with Crippen LogP contribution in [0.25, 0.3) is 0 Å². The fraction of sp³-hybridized carbons (Fsp3) is 0.789. The van der Waals surface area contributed by atoms with Gasteiger partial charge in [-0.15, -0.1) is 0 Å². The first kappa shape index (κ1) is 15.9. The summed E-state index contributed by atoms with van der Waals surface area (Å²) in [5.74, 6) is 2.34. The predicted octanol–water partition coefficient (Wildman–Crippen LogP) is 4.98. The molecule has 2 aliphatic carbocycles. The third-order valence-corrected chi connectivity index (χ3v) is 5.37. The van der Waals surface area contributed by atoms with E-state index in [0.717, 1.165) is 18.9 Å². The molecule has 0 saturated heterocycles. The molecule has 0 bridgehead atoms. The average Bonchev–Trinajstić information content (AvgIpc) is 2.61. The average molecular weight is 302 g/mol. The molecule has 0 aliphatic heterocycles. The van der Waals surface area contributed by atoms with E-state index in [2.05, 4.69) is 19.3 Å². The van der Waals surface area contributed by atoms with Crippen LogP contribution in [0.15, 0.2) is 12.4 Å². The Morgan fingerprint density at radius 1 is 0.909 bits per heavy atom. The van der Waals surface area contributed by atoms with Crippen LogP contribution in [0.3, 0.4) is 0 Å². The summed E-state index contributed by atoms with van der Waals surface area (Å²) < 4.78 is 5.88. The Morgan fingerprint density at radius 2 is 1.59 bits per heavy atom. The molecule has 22 heavy (non-hydrogen) atoms. The second kappa shape index (κ2) is 8.05. The van der Waals surface area contributed by atoms with E-state index in [1.807, 2.05) is 0 Å². The molecule has 2 aliphatic rings. The monoisotopic (exact) mass is 302 g/mol. The van der Waals surface area contributed by atoms with Crippen LogP contribution < -0.4 is 0 Å². The topological polar surface area (TPSA) is 35.0 Å². The van der Waals surface area contributed by atoms with Crippen molar-refractivity contribution < 1.29 is 4.74 Å². The highest BCUT2D eigenvalue weighted by molar-refractivity contribution is 5.14. The first-order valence-corrected chi connectivity index (χ1v) is 9.30. The van der Waals surface area contributed by atoms with E-state index in [1.54, 1.807) is 0 Å². The van der Waals surface area contributed by atoms with Crippen molar-refractivity contribution in [1.82, 2.24) is 9.97 Å². The molecule has 2 fully saturated rings. The predicted molar refractivity (Wildman–Crippen MR) is 89.1 cm³/mol. The van der Waals surface area contributed by atoms with Crippen molar-refractivity contribution in [3.8, 4) is 0 Å². The van der Waals surface area contributed by atoms with Crippen molar-refractivity contribution >= 4 is 0 Å². The van der Waals surface area contributed by atoms with Gasteiger partial charge in [0, 0.05) is 24.9 Å². The molecule has 122 valence electrons. The van der Waals surface area contributed by atoms with E-state index in [0.29, 0.717) is 17.9 Å². The molecule has 0 N–H and O–H groups in total. The van der Waals surface area contributed by atoms with Gasteiger partial charge in [-0.25, -0.2) is 9.97 Å². The van der Waals surface area contributed by atoms with Gasteiger partial charge in [0.25, 0.3) is 0 Å². The zero-order chi connectivity index (χ0) is 15.2.